The summed E-state index contributed by atoms with van der Waals surface area (Å²) in [6.45, 7) is 3.25. The van der Waals surface area contributed by atoms with E-state index in [1.807, 2.05) is 0 Å². The number of fused-ring (bicyclic) bond motifs is 1. The highest BCUT2D eigenvalue weighted by Crippen LogP contribution is 2.31. The highest BCUT2D eigenvalue weighted by Gasteiger charge is 2.51. The topological polar surface area (TPSA) is 168 Å². The Morgan fingerprint density at radius 2 is 1.04 bits per heavy atom. The number of rotatable bonds is 17. The molecule has 0 amide bonds. The standard InChI is InChI=1S/C43H40O14/c1-3-37(44)53-26-52-32-20-12-30(13-21-32)43(48)55-34-16-6-28(7-17-34)9-23-39(46)57-36-25-51-40-35(24-50-41(36)40)56-38(45)22-8-27-4-14-33(15-5-27)54-42(47)29-10-18-31(49-2)19-11-29/h3-7,10-21,35-36,40-41H,1,8-9,22-26H2,2H3. The molecule has 2 aliphatic heterocycles. The van der Waals surface area contributed by atoms with Crippen LogP contribution in [0.2, 0.25) is 0 Å². The summed E-state index contributed by atoms with van der Waals surface area (Å²) >= 11 is 0. The SMILES string of the molecule is C=CC(=O)OCOc1ccc(C(=O)Oc2ccc(CCC(=O)OC3COC4C(OC(=O)CCc5ccc(OC(=O)c6ccc(OC)cc6)cc5)COC34)cc2)cc1. The molecule has 2 fully saturated rings. The molecular formula is C43H40O14. The van der Waals surface area contributed by atoms with Crippen molar-refractivity contribution < 1.29 is 66.6 Å². The Balaban J connectivity index is 0.871. The molecule has 0 bridgehead atoms. The molecule has 0 N–H and O–H groups in total. The van der Waals surface area contributed by atoms with Crippen molar-refractivity contribution >= 4 is 29.8 Å². The number of hydrogen-bond donors (Lipinski definition) is 0. The van der Waals surface area contributed by atoms with E-state index in [0.29, 0.717) is 47.0 Å². The summed E-state index contributed by atoms with van der Waals surface area (Å²) in [4.78, 5) is 61.6. The molecule has 57 heavy (non-hydrogen) atoms. The Kier molecular flexibility index (Phi) is 13.7. The zero-order valence-electron chi connectivity index (χ0n) is 31.0. The first kappa shape index (κ1) is 40.2. The predicted octanol–water partition coefficient (Wildman–Crippen LogP) is 5.39. The van der Waals surface area contributed by atoms with Gasteiger partial charge in [-0.1, -0.05) is 30.8 Å². The van der Waals surface area contributed by atoms with Gasteiger partial charge in [0.1, 0.15) is 35.2 Å². The van der Waals surface area contributed by atoms with Gasteiger partial charge in [-0.05, 0) is 96.8 Å². The lowest BCUT2D eigenvalue weighted by atomic mass is 10.1. The minimum atomic E-state index is -0.638. The number of methoxy groups -OCH3 is 1. The smallest absolute Gasteiger partial charge is 0.343 e. The quantitative estimate of drug-likeness (QED) is 0.0440. The minimum Gasteiger partial charge on any atom is -0.497 e. The molecule has 14 nitrogen and oxygen atoms in total. The van der Waals surface area contributed by atoms with Crippen molar-refractivity contribution in [3.8, 4) is 23.0 Å². The van der Waals surface area contributed by atoms with Gasteiger partial charge >= 0.3 is 29.8 Å². The molecule has 2 heterocycles. The monoisotopic (exact) mass is 780 g/mol. The second kappa shape index (κ2) is 19.4. The average molecular weight is 781 g/mol. The molecule has 4 atom stereocenters. The van der Waals surface area contributed by atoms with Crippen molar-refractivity contribution in [3.63, 3.8) is 0 Å². The second-order valence-corrected chi connectivity index (χ2v) is 12.9. The zero-order chi connectivity index (χ0) is 40.1. The summed E-state index contributed by atoms with van der Waals surface area (Å²) < 4.78 is 49.0. The van der Waals surface area contributed by atoms with Crippen LogP contribution in [0.25, 0.3) is 0 Å². The number of carbonyl (C=O) groups excluding carboxylic acids is 5. The third-order valence-electron chi connectivity index (χ3n) is 9.04. The first-order valence-corrected chi connectivity index (χ1v) is 18.1. The third-order valence-corrected chi connectivity index (χ3v) is 9.04. The Morgan fingerprint density at radius 1 is 0.614 bits per heavy atom. The average Bonchev–Trinajstić information content (AvgIpc) is 3.83. The van der Waals surface area contributed by atoms with Crippen molar-refractivity contribution in [1.82, 2.24) is 0 Å². The molecule has 0 aromatic heterocycles. The summed E-state index contributed by atoms with van der Waals surface area (Å²) in [6, 6.07) is 26.4. The van der Waals surface area contributed by atoms with Gasteiger partial charge < -0.3 is 42.6 Å². The maximum atomic E-state index is 12.7. The van der Waals surface area contributed by atoms with E-state index in [2.05, 4.69) is 6.58 Å². The molecule has 4 unspecified atom stereocenters. The van der Waals surface area contributed by atoms with Crippen LogP contribution in [0.15, 0.2) is 110 Å². The van der Waals surface area contributed by atoms with E-state index in [9.17, 15) is 24.0 Å². The number of benzene rings is 4. The van der Waals surface area contributed by atoms with Gasteiger partial charge in [0.25, 0.3) is 0 Å². The van der Waals surface area contributed by atoms with Crippen LogP contribution >= 0.6 is 0 Å². The Labute approximate surface area is 328 Å². The lowest BCUT2D eigenvalue weighted by molar-refractivity contribution is -0.155. The van der Waals surface area contributed by atoms with E-state index in [-0.39, 0.29) is 32.8 Å². The Hall–Kier alpha value is -6.51. The predicted molar refractivity (Wildman–Crippen MR) is 200 cm³/mol. The molecule has 14 heteroatoms. The number of hydrogen-bond acceptors (Lipinski definition) is 14. The summed E-state index contributed by atoms with van der Waals surface area (Å²) in [6.07, 6.45) is -0.349. The largest absolute Gasteiger partial charge is 0.497 e. The number of carbonyl (C=O) groups is 5. The summed E-state index contributed by atoms with van der Waals surface area (Å²) in [7, 11) is 1.55. The van der Waals surface area contributed by atoms with Crippen LogP contribution in [0.5, 0.6) is 23.0 Å². The van der Waals surface area contributed by atoms with Crippen LogP contribution < -0.4 is 18.9 Å². The van der Waals surface area contributed by atoms with Gasteiger partial charge in [0.2, 0.25) is 6.79 Å². The maximum absolute atomic E-state index is 12.7. The van der Waals surface area contributed by atoms with Gasteiger partial charge in [-0.25, -0.2) is 14.4 Å². The fourth-order valence-corrected chi connectivity index (χ4v) is 5.99. The van der Waals surface area contributed by atoms with E-state index >= 15 is 0 Å². The molecule has 0 spiro atoms. The molecule has 0 saturated carbocycles. The van der Waals surface area contributed by atoms with E-state index in [1.54, 1.807) is 92.0 Å². The zero-order valence-corrected chi connectivity index (χ0v) is 31.0. The van der Waals surface area contributed by atoms with E-state index < -0.39 is 54.3 Å². The van der Waals surface area contributed by atoms with Crippen LogP contribution in [0, 0.1) is 0 Å². The van der Waals surface area contributed by atoms with Crippen LogP contribution in [0.1, 0.15) is 44.7 Å². The maximum Gasteiger partial charge on any atom is 0.343 e. The van der Waals surface area contributed by atoms with E-state index in [4.69, 9.17) is 42.6 Å². The van der Waals surface area contributed by atoms with Crippen LogP contribution in [-0.4, -0.2) is 81.4 Å². The lowest BCUT2D eigenvalue weighted by Crippen LogP contribution is -2.36. The summed E-state index contributed by atoms with van der Waals surface area (Å²) in [5.41, 5.74) is 2.37. The highest BCUT2D eigenvalue weighted by molar-refractivity contribution is 5.91. The molecule has 0 aliphatic carbocycles. The van der Waals surface area contributed by atoms with Gasteiger partial charge in [0, 0.05) is 18.9 Å². The van der Waals surface area contributed by atoms with Crippen molar-refractivity contribution in [1.29, 1.82) is 0 Å². The lowest BCUT2D eigenvalue weighted by Gasteiger charge is -2.17. The van der Waals surface area contributed by atoms with Crippen molar-refractivity contribution in [2.75, 3.05) is 27.1 Å². The number of esters is 5. The first-order chi connectivity index (χ1) is 27.7. The van der Waals surface area contributed by atoms with E-state index in [1.165, 1.54) is 12.1 Å². The molecular weight excluding hydrogens is 740 g/mol. The molecule has 2 saturated heterocycles. The fourth-order valence-electron chi connectivity index (χ4n) is 5.99. The molecule has 4 aromatic rings. The van der Waals surface area contributed by atoms with Gasteiger partial charge in [-0.15, -0.1) is 0 Å². The van der Waals surface area contributed by atoms with Crippen molar-refractivity contribution in [2.45, 2.75) is 50.1 Å². The van der Waals surface area contributed by atoms with Gasteiger partial charge in [0.05, 0.1) is 31.5 Å². The fraction of sp³-hybridized carbons (Fsp3) is 0.279. The summed E-state index contributed by atoms with van der Waals surface area (Å²) in [5, 5.41) is 0. The Morgan fingerprint density at radius 3 is 1.46 bits per heavy atom. The molecule has 0 radical (unpaired) electrons. The minimum absolute atomic E-state index is 0.0960. The van der Waals surface area contributed by atoms with Crippen molar-refractivity contribution in [3.05, 3.63) is 132 Å². The van der Waals surface area contributed by atoms with E-state index in [0.717, 1.165) is 17.2 Å². The van der Waals surface area contributed by atoms with Gasteiger partial charge in [-0.3, -0.25) is 9.59 Å². The van der Waals surface area contributed by atoms with Crippen molar-refractivity contribution in [2.24, 2.45) is 0 Å². The molecule has 296 valence electrons. The molecule has 2 aliphatic rings. The normalized spacial score (nSPS) is 18.1. The highest BCUT2D eigenvalue weighted by atomic mass is 16.7. The molecule has 4 aromatic carbocycles. The first-order valence-electron chi connectivity index (χ1n) is 18.1. The third kappa shape index (κ3) is 11.3. The Bertz CT molecular complexity index is 2020. The second-order valence-electron chi connectivity index (χ2n) is 12.9. The van der Waals surface area contributed by atoms with Gasteiger partial charge in [0.15, 0.2) is 12.2 Å². The van der Waals surface area contributed by atoms with Crippen LogP contribution in [0.3, 0.4) is 0 Å². The number of aryl methyl sites for hydroxylation is 2. The van der Waals surface area contributed by atoms with Crippen LogP contribution in [-0.2, 0) is 50.9 Å². The molecule has 6 rings (SSSR count). The summed E-state index contributed by atoms with van der Waals surface area (Å²) in [5.74, 6) is -0.805. The number of ether oxygens (including phenoxy) is 9. The van der Waals surface area contributed by atoms with Crippen LogP contribution in [0.4, 0.5) is 0 Å². The van der Waals surface area contributed by atoms with Gasteiger partial charge in [-0.2, -0.15) is 0 Å².